The van der Waals surface area contributed by atoms with Gasteiger partial charge in [-0.3, -0.25) is 4.79 Å². The summed E-state index contributed by atoms with van der Waals surface area (Å²) in [6, 6.07) is 9.05. The van der Waals surface area contributed by atoms with E-state index in [2.05, 4.69) is 15.1 Å². The van der Waals surface area contributed by atoms with Gasteiger partial charge in [0.1, 0.15) is 5.69 Å². The number of benzene rings is 2. The highest BCUT2D eigenvalue weighted by Crippen LogP contribution is 2.23. The van der Waals surface area contributed by atoms with Gasteiger partial charge in [-0.1, -0.05) is 0 Å². The highest BCUT2D eigenvalue weighted by atomic mass is 32.2. The van der Waals surface area contributed by atoms with Gasteiger partial charge in [-0.05, 0) is 82.3 Å². The van der Waals surface area contributed by atoms with Crippen molar-refractivity contribution in [2.75, 3.05) is 12.4 Å². The summed E-state index contributed by atoms with van der Waals surface area (Å²) < 4.78 is 42.9. The molecule has 0 saturated heterocycles. The third-order valence-corrected chi connectivity index (χ3v) is 6.42. The quantitative estimate of drug-likeness (QED) is 0.649. The van der Waals surface area contributed by atoms with Gasteiger partial charge in [0.05, 0.1) is 10.6 Å². The number of nitrogens with one attached hydrogen (secondary N) is 2. The van der Waals surface area contributed by atoms with Crippen LogP contribution in [-0.2, 0) is 10.0 Å². The lowest BCUT2D eigenvalue weighted by atomic mass is 10.1. The summed E-state index contributed by atoms with van der Waals surface area (Å²) >= 11 is 0. The third kappa shape index (κ3) is 4.12. The van der Waals surface area contributed by atoms with Crippen molar-refractivity contribution in [3.63, 3.8) is 0 Å². The van der Waals surface area contributed by atoms with E-state index in [0.717, 1.165) is 11.4 Å². The van der Waals surface area contributed by atoms with E-state index in [4.69, 9.17) is 0 Å². The topological polar surface area (TPSA) is 93.1 Å². The number of sulfonamides is 1. The summed E-state index contributed by atoms with van der Waals surface area (Å²) in [6.07, 6.45) is 0. The second-order valence-corrected chi connectivity index (χ2v) is 8.94. The Balaban J connectivity index is 1.92. The molecule has 0 aliphatic rings. The normalized spacial score (nSPS) is 11.5. The van der Waals surface area contributed by atoms with Crippen LogP contribution in [-0.4, -0.2) is 31.2 Å². The minimum absolute atomic E-state index is 0.0289. The van der Waals surface area contributed by atoms with Crippen molar-refractivity contribution >= 4 is 21.6 Å². The van der Waals surface area contributed by atoms with Crippen LogP contribution in [0.25, 0.3) is 5.69 Å². The number of nitrogens with zero attached hydrogens (tertiary/aromatic N) is 2. The lowest BCUT2D eigenvalue weighted by Crippen LogP contribution is -2.21. The molecule has 2 N–H and O–H groups in total. The zero-order chi connectivity index (χ0) is 22.2. The average molecular weight is 431 g/mol. The van der Waals surface area contributed by atoms with E-state index in [1.54, 1.807) is 26.0 Å². The Morgan fingerprint density at radius 2 is 1.77 bits per heavy atom. The molecule has 3 rings (SSSR count). The van der Waals surface area contributed by atoms with E-state index in [0.29, 0.717) is 11.1 Å². The first-order valence-electron chi connectivity index (χ1n) is 9.23. The number of rotatable bonds is 5. The standard InChI is InChI=1S/C21H23FN4O3S/c1-12-8-16(10-20(15(12)4)30(28,29)23-5)21(27)24-17-6-7-19(18(22)11-17)26-14(3)9-13(2)25-26/h6-11,23H,1-5H3,(H,24,27). The van der Waals surface area contributed by atoms with Crippen molar-refractivity contribution in [2.45, 2.75) is 32.6 Å². The first kappa shape index (κ1) is 21.7. The predicted molar refractivity (Wildman–Crippen MR) is 113 cm³/mol. The van der Waals surface area contributed by atoms with E-state index in [9.17, 15) is 17.6 Å². The summed E-state index contributed by atoms with van der Waals surface area (Å²) in [6.45, 7) is 7.05. The molecule has 0 unspecified atom stereocenters. The monoisotopic (exact) mass is 430 g/mol. The fourth-order valence-electron chi connectivity index (χ4n) is 3.18. The summed E-state index contributed by atoms with van der Waals surface area (Å²) in [5.74, 6) is -1.08. The molecule has 0 fully saturated rings. The molecule has 1 amide bonds. The zero-order valence-corrected chi connectivity index (χ0v) is 18.2. The molecule has 1 aromatic heterocycles. The second kappa shape index (κ2) is 8.00. The molecule has 0 aliphatic heterocycles. The van der Waals surface area contributed by atoms with Crippen molar-refractivity contribution in [1.29, 1.82) is 0 Å². The SMILES string of the molecule is CNS(=O)(=O)c1cc(C(=O)Nc2ccc(-n3nc(C)cc3C)c(F)c2)cc(C)c1C. The fourth-order valence-corrected chi connectivity index (χ4v) is 4.25. The van der Waals surface area contributed by atoms with Gasteiger partial charge in [-0.15, -0.1) is 0 Å². The van der Waals surface area contributed by atoms with Crippen LogP contribution < -0.4 is 10.0 Å². The highest BCUT2D eigenvalue weighted by molar-refractivity contribution is 7.89. The van der Waals surface area contributed by atoms with Crippen LogP contribution in [0, 0.1) is 33.5 Å². The molecule has 30 heavy (non-hydrogen) atoms. The molecule has 7 nitrogen and oxygen atoms in total. The summed E-state index contributed by atoms with van der Waals surface area (Å²) in [4.78, 5) is 12.7. The minimum Gasteiger partial charge on any atom is -0.322 e. The van der Waals surface area contributed by atoms with E-state index in [1.165, 1.54) is 29.9 Å². The van der Waals surface area contributed by atoms with Gasteiger partial charge in [0.25, 0.3) is 5.91 Å². The second-order valence-electron chi connectivity index (χ2n) is 7.08. The van der Waals surface area contributed by atoms with Gasteiger partial charge >= 0.3 is 0 Å². The van der Waals surface area contributed by atoms with Gasteiger partial charge < -0.3 is 5.32 Å². The van der Waals surface area contributed by atoms with Crippen LogP contribution >= 0.6 is 0 Å². The molecular formula is C21H23FN4O3S. The Labute approximate surface area is 175 Å². The Hall–Kier alpha value is -3.04. The Bertz CT molecular complexity index is 1250. The summed E-state index contributed by atoms with van der Waals surface area (Å²) in [5, 5.41) is 6.88. The molecule has 9 heteroatoms. The fraction of sp³-hybridized carbons (Fsp3) is 0.238. The number of hydrogen-bond acceptors (Lipinski definition) is 4. The third-order valence-electron chi connectivity index (χ3n) is 4.88. The lowest BCUT2D eigenvalue weighted by Gasteiger charge is -2.13. The molecule has 0 atom stereocenters. The van der Waals surface area contributed by atoms with Crippen molar-refractivity contribution in [1.82, 2.24) is 14.5 Å². The van der Waals surface area contributed by atoms with Gasteiger partial charge in [0.15, 0.2) is 5.82 Å². The maximum atomic E-state index is 14.7. The number of halogens is 1. The maximum Gasteiger partial charge on any atom is 0.255 e. The van der Waals surface area contributed by atoms with Gasteiger partial charge in [0, 0.05) is 16.9 Å². The molecule has 0 spiro atoms. The molecule has 0 radical (unpaired) electrons. The average Bonchev–Trinajstić information content (AvgIpc) is 3.01. The van der Waals surface area contributed by atoms with Gasteiger partial charge in [-0.25, -0.2) is 22.2 Å². The number of aryl methyl sites for hydroxylation is 3. The number of amides is 1. The molecule has 0 aliphatic carbocycles. The molecule has 1 heterocycles. The van der Waals surface area contributed by atoms with Gasteiger partial charge in [0.2, 0.25) is 10.0 Å². The zero-order valence-electron chi connectivity index (χ0n) is 17.4. The van der Waals surface area contributed by atoms with Crippen molar-refractivity contribution in [3.05, 3.63) is 70.3 Å². The van der Waals surface area contributed by atoms with E-state index >= 15 is 0 Å². The number of hydrogen-bond donors (Lipinski definition) is 2. The molecule has 3 aromatic rings. The van der Waals surface area contributed by atoms with Crippen LogP contribution in [0.2, 0.25) is 0 Å². The predicted octanol–water partition coefficient (Wildman–Crippen LogP) is 3.41. The van der Waals surface area contributed by atoms with Crippen LogP contribution in [0.15, 0.2) is 41.3 Å². The van der Waals surface area contributed by atoms with Gasteiger partial charge in [-0.2, -0.15) is 5.10 Å². The highest BCUT2D eigenvalue weighted by Gasteiger charge is 2.20. The molecule has 0 saturated carbocycles. The van der Waals surface area contributed by atoms with Crippen LogP contribution in [0.4, 0.5) is 10.1 Å². The molecule has 158 valence electrons. The Kier molecular flexibility index (Phi) is 5.78. The maximum absolute atomic E-state index is 14.7. The minimum atomic E-state index is -3.73. The van der Waals surface area contributed by atoms with Crippen LogP contribution in [0.5, 0.6) is 0 Å². The Morgan fingerprint density at radius 1 is 1.07 bits per heavy atom. The smallest absolute Gasteiger partial charge is 0.255 e. The Morgan fingerprint density at radius 3 is 2.33 bits per heavy atom. The van der Waals surface area contributed by atoms with Crippen LogP contribution in [0.1, 0.15) is 32.9 Å². The molecule has 0 bridgehead atoms. The van der Waals surface area contributed by atoms with E-state index in [-0.39, 0.29) is 21.8 Å². The molecule has 2 aromatic carbocycles. The number of carbonyl (C=O) groups excluding carboxylic acids is 1. The van der Waals surface area contributed by atoms with Crippen LogP contribution in [0.3, 0.4) is 0 Å². The van der Waals surface area contributed by atoms with E-state index in [1.807, 2.05) is 19.9 Å². The van der Waals surface area contributed by atoms with Crippen molar-refractivity contribution in [2.24, 2.45) is 0 Å². The van der Waals surface area contributed by atoms with Crippen molar-refractivity contribution < 1.29 is 17.6 Å². The number of carbonyl (C=O) groups is 1. The summed E-state index contributed by atoms with van der Waals surface area (Å²) in [5.41, 5.74) is 3.45. The summed E-state index contributed by atoms with van der Waals surface area (Å²) in [7, 11) is -2.42. The first-order chi connectivity index (χ1) is 14.0. The first-order valence-corrected chi connectivity index (χ1v) is 10.7. The van der Waals surface area contributed by atoms with Crippen molar-refractivity contribution in [3.8, 4) is 5.69 Å². The number of aromatic nitrogens is 2. The molecular weight excluding hydrogens is 407 g/mol. The lowest BCUT2D eigenvalue weighted by molar-refractivity contribution is 0.102. The van der Waals surface area contributed by atoms with E-state index < -0.39 is 21.7 Å². The number of anilines is 1. The largest absolute Gasteiger partial charge is 0.322 e.